The normalized spacial score (nSPS) is 15.7. The van der Waals surface area contributed by atoms with Crippen molar-refractivity contribution < 1.29 is 4.39 Å². The number of benzene rings is 1. The number of hydrogen-bond donors (Lipinski definition) is 1. The maximum atomic E-state index is 13.4. The van der Waals surface area contributed by atoms with Crippen LogP contribution in [-0.4, -0.2) is 34.0 Å². The fourth-order valence-corrected chi connectivity index (χ4v) is 4.82. The van der Waals surface area contributed by atoms with E-state index in [-0.39, 0.29) is 5.82 Å². The van der Waals surface area contributed by atoms with E-state index in [2.05, 4.69) is 43.1 Å². The van der Waals surface area contributed by atoms with Crippen LogP contribution in [0.25, 0.3) is 0 Å². The van der Waals surface area contributed by atoms with E-state index in [9.17, 15) is 4.39 Å². The molecule has 0 bridgehead atoms. The summed E-state index contributed by atoms with van der Waals surface area (Å²) < 4.78 is 13.4. The Balaban J connectivity index is 1.56. The number of hydrogen-bond acceptors (Lipinski definition) is 4. The molecular formula is C28H35FN4. The molecule has 0 amide bonds. The number of pyridine rings is 2. The minimum Gasteiger partial charge on any atom is -0.317 e. The van der Waals surface area contributed by atoms with Crippen molar-refractivity contribution in [1.29, 1.82) is 0 Å². The molecule has 5 heteroatoms. The van der Waals surface area contributed by atoms with E-state index in [0.29, 0.717) is 12.0 Å². The van der Waals surface area contributed by atoms with Crippen molar-refractivity contribution in [3.63, 3.8) is 0 Å². The lowest BCUT2D eigenvalue weighted by Gasteiger charge is -2.35. The summed E-state index contributed by atoms with van der Waals surface area (Å²) in [6.45, 7) is 10.2. The van der Waals surface area contributed by atoms with Gasteiger partial charge in [-0.2, -0.15) is 0 Å². The summed E-state index contributed by atoms with van der Waals surface area (Å²) in [5.41, 5.74) is 7.15. The maximum absolute atomic E-state index is 13.4. The van der Waals surface area contributed by atoms with Crippen molar-refractivity contribution in [2.45, 2.75) is 65.1 Å². The van der Waals surface area contributed by atoms with Gasteiger partial charge in [-0.25, -0.2) is 4.39 Å². The first-order chi connectivity index (χ1) is 16.0. The van der Waals surface area contributed by atoms with Crippen molar-refractivity contribution in [1.82, 2.24) is 20.2 Å². The third kappa shape index (κ3) is 6.24. The molecule has 0 aliphatic carbocycles. The van der Waals surface area contributed by atoms with E-state index in [4.69, 9.17) is 9.97 Å². The SMILES string of the molecule is Cc1cnc(CN(Cc2ncccc2CC(C)c2ccc(F)cc2)C2CCNCC2)c(C)c1. The van der Waals surface area contributed by atoms with Crippen LogP contribution in [0.15, 0.2) is 54.9 Å². The van der Waals surface area contributed by atoms with Crippen LogP contribution < -0.4 is 5.32 Å². The number of halogens is 1. The highest BCUT2D eigenvalue weighted by Crippen LogP contribution is 2.25. The molecule has 1 aliphatic rings. The average Bonchev–Trinajstić information content (AvgIpc) is 2.82. The fourth-order valence-electron chi connectivity index (χ4n) is 4.82. The molecular weight excluding hydrogens is 411 g/mol. The second-order valence-corrected chi connectivity index (χ2v) is 9.43. The van der Waals surface area contributed by atoms with Crippen LogP contribution in [-0.2, 0) is 19.5 Å². The molecule has 1 N–H and O–H groups in total. The summed E-state index contributed by atoms with van der Waals surface area (Å²) in [6.07, 6.45) is 7.03. The quantitative estimate of drug-likeness (QED) is 0.508. The number of aromatic nitrogens is 2. The van der Waals surface area contributed by atoms with Crippen LogP contribution in [0.4, 0.5) is 4.39 Å². The molecule has 174 valence electrons. The van der Waals surface area contributed by atoms with E-state index in [1.54, 1.807) is 12.1 Å². The summed E-state index contributed by atoms with van der Waals surface area (Å²) >= 11 is 0. The Morgan fingerprint density at radius 3 is 2.48 bits per heavy atom. The first kappa shape index (κ1) is 23.5. The largest absolute Gasteiger partial charge is 0.317 e. The lowest BCUT2D eigenvalue weighted by molar-refractivity contribution is 0.141. The third-order valence-corrected chi connectivity index (χ3v) is 6.80. The molecule has 4 nitrogen and oxygen atoms in total. The van der Waals surface area contributed by atoms with Gasteiger partial charge in [-0.3, -0.25) is 14.9 Å². The van der Waals surface area contributed by atoms with Crippen LogP contribution in [0, 0.1) is 19.7 Å². The molecule has 3 heterocycles. The molecule has 0 saturated carbocycles. The Kier molecular flexibility index (Phi) is 7.84. The molecule has 1 fully saturated rings. The Labute approximate surface area is 197 Å². The van der Waals surface area contributed by atoms with Gasteiger partial charge in [0.15, 0.2) is 0 Å². The highest BCUT2D eigenvalue weighted by atomic mass is 19.1. The van der Waals surface area contributed by atoms with Crippen molar-refractivity contribution in [3.05, 3.63) is 94.3 Å². The molecule has 1 aliphatic heterocycles. The lowest BCUT2D eigenvalue weighted by Crippen LogP contribution is -2.43. The monoisotopic (exact) mass is 446 g/mol. The van der Waals surface area contributed by atoms with E-state index in [0.717, 1.165) is 62.4 Å². The van der Waals surface area contributed by atoms with Crippen LogP contribution >= 0.6 is 0 Å². The minimum atomic E-state index is -0.189. The summed E-state index contributed by atoms with van der Waals surface area (Å²) in [7, 11) is 0. The van der Waals surface area contributed by atoms with Gasteiger partial charge in [0.2, 0.25) is 0 Å². The predicted molar refractivity (Wildman–Crippen MR) is 132 cm³/mol. The number of nitrogens with one attached hydrogen (secondary N) is 1. The molecule has 0 spiro atoms. The Morgan fingerprint density at radius 1 is 1.03 bits per heavy atom. The van der Waals surface area contributed by atoms with Crippen molar-refractivity contribution in [3.8, 4) is 0 Å². The summed E-state index contributed by atoms with van der Waals surface area (Å²) in [6, 6.07) is 13.8. The second kappa shape index (κ2) is 11.0. The zero-order valence-electron chi connectivity index (χ0n) is 20.0. The zero-order valence-corrected chi connectivity index (χ0v) is 20.0. The van der Waals surface area contributed by atoms with Crippen molar-refractivity contribution >= 4 is 0 Å². The Hall–Kier alpha value is -2.63. The van der Waals surface area contributed by atoms with E-state index in [1.165, 1.54) is 16.7 Å². The minimum absolute atomic E-state index is 0.189. The first-order valence-electron chi connectivity index (χ1n) is 12.0. The van der Waals surface area contributed by atoms with Gasteiger partial charge in [-0.15, -0.1) is 0 Å². The van der Waals surface area contributed by atoms with Crippen molar-refractivity contribution in [2.75, 3.05) is 13.1 Å². The standard InChI is InChI=1S/C28H35FN4/c1-20-15-22(3)27(32-17-20)18-33(26-10-13-30-14-11-26)19-28-24(5-4-12-31-28)16-21(2)23-6-8-25(29)9-7-23/h4-9,12,15,17,21,26,30H,10-11,13-14,16,18-19H2,1-3H3. The molecule has 2 aromatic heterocycles. The Morgan fingerprint density at radius 2 is 1.76 bits per heavy atom. The van der Waals surface area contributed by atoms with Gasteiger partial charge in [0.05, 0.1) is 11.4 Å². The van der Waals surface area contributed by atoms with E-state index in [1.807, 2.05) is 30.6 Å². The smallest absolute Gasteiger partial charge is 0.123 e. The molecule has 1 unspecified atom stereocenters. The van der Waals surface area contributed by atoms with Crippen molar-refractivity contribution in [2.24, 2.45) is 0 Å². The molecule has 4 rings (SSSR count). The summed E-state index contributed by atoms with van der Waals surface area (Å²) in [5.74, 6) is 0.104. The summed E-state index contributed by atoms with van der Waals surface area (Å²) in [5, 5.41) is 3.49. The molecule has 1 saturated heterocycles. The van der Waals surface area contributed by atoms with Gasteiger partial charge in [0, 0.05) is 31.5 Å². The van der Waals surface area contributed by atoms with E-state index >= 15 is 0 Å². The van der Waals surface area contributed by atoms with E-state index < -0.39 is 0 Å². The van der Waals surface area contributed by atoms with Crippen LogP contribution in [0.3, 0.4) is 0 Å². The van der Waals surface area contributed by atoms with Crippen LogP contribution in [0.1, 0.15) is 59.3 Å². The number of rotatable bonds is 8. The highest BCUT2D eigenvalue weighted by molar-refractivity contribution is 5.27. The van der Waals surface area contributed by atoms with Crippen LogP contribution in [0.5, 0.6) is 0 Å². The second-order valence-electron chi connectivity index (χ2n) is 9.43. The number of aryl methyl sites for hydroxylation is 2. The van der Waals surface area contributed by atoms with Crippen LogP contribution in [0.2, 0.25) is 0 Å². The fraction of sp³-hybridized carbons (Fsp3) is 0.429. The number of nitrogens with zero attached hydrogens (tertiary/aromatic N) is 3. The first-order valence-corrected chi connectivity index (χ1v) is 12.0. The third-order valence-electron chi connectivity index (χ3n) is 6.80. The van der Waals surface area contributed by atoms with Gasteiger partial charge in [-0.05, 0) is 92.6 Å². The van der Waals surface area contributed by atoms with Gasteiger partial charge >= 0.3 is 0 Å². The number of piperidine rings is 1. The van der Waals surface area contributed by atoms with Gasteiger partial charge in [0.1, 0.15) is 5.82 Å². The summed E-state index contributed by atoms with van der Waals surface area (Å²) in [4.78, 5) is 12.1. The molecule has 33 heavy (non-hydrogen) atoms. The predicted octanol–water partition coefficient (Wildman–Crippen LogP) is 5.33. The molecule has 1 aromatic carbocycles. The molecule has 0 radical (unpaired) electrons. The van der Waals surface area contributed by atoms with Gasteiger partial charge < -0.3 is 5.32 Å². The van der Waals surface area contributed by atoms with Gasteiger partial charge in [-0.1, -0.05) is 31.2 Å². The lowest BCUT2D eigenvalue weighted by atomic mass is 9.92. The molecule has 1 atom stereocenters. The topological polar surface area (TPSA) is 41.1 Å². The molecule has 3 aromatic rings. The average molecular weight is 447 g/mol. The van der Waals surface area contributed by atoms with Gasteiger partial charge in [0.25, 0.3) is 0 Å². The zero-order chi connectivity index (χ0) is 23.2. The highest BCUT2D eigenvalue weighted by Gasteiger charge is 2.24. The Bertz CT molecular complexity index is 1040. The maximum Gasteiger partial charge on any atom is 0.123 e.